The molecule has 2 amide bonds. The van der Waals surface area contributed by atoms with Gasteiger partial charge in [-0.15, -0.1) is 0 Å². The average molecular weight is 378 g/mol. The quantitative estimate of drug-likeness (QED) is 0.678. The van der Waals surface area contributed by atoms with Gasteiger partial charge in [-0.05, 0) is 30.7 Å². The first-order chi connectivity index (χ1) is 12.8. The third kappa shape index (κ3) is 6.06. The van der Waals surface area contributed by atoms with E-state index in [9.17, 15) is 18.0 Å². The van der Waals surface area contributed by atoms with Gasteiger partial charge in [0.25, 0.3) is 0 Å². The molecule has 2 rings (SSSR count). The van der Waals surface area contributed by atoms with E-state index >= 15 is 0 Å². The second kappa shape index (κ2) is 9.12. The molecule has 0 aliphatic heterocycles. The average Bonchev–Trinajstić information content (AvgIpc) is 2.64. The van der Waals surface area contributed by atoms with Crippen molar-refractivity contribution in [2.24, 2.45) is 0 Å². The number of halogens is 3. The van der Waals surface area contributed by atoms with Crippen LogP contribution in [0.4, 0.5) is 18.0 Å². The number of carbonyl (C=O) groups is 1. The van der Waals surface area contributed by atoms with Gasteiger partial charge in [-0.25, -0.2) is 4.79 Å². The molecule has 2 aromatic rings. The molecule has 0 heterocycles. The predicted octanol–water partition coefficient (Wildman–Crippen LogP) is 4.83. The molecule has 0 spiro atoms. The summed E-state index contributed by atoms with van der Waals surface area (Å²) in [5, 5.41) is 5.32. The van der Waals surface area contributed by atoms with Gasteiger partial charge in [0.15, 0.2) is 0 Å². The Kier molecular flexibility index (Phi) is 6.87. The minimum absolute atomic E-state index is 0.217. The Bertz CT molecular complexity index is 791. The predicted molar refractivity (Wildman–Crippen MR) is 97.4 cm³/mol. The summed E-state index contributed by atoms with van der Waals surface area (Å²) in [6.45, 7) is 5.77. The lowest BCUT2D eigenvalue weighted by molar-refractivity contribution is -0.137. The van der Waals surface area contributed by atoms with Crippen molar-refractivity contribution in [3.63, 3.8) is 0 Å². The fraction of sp³-hybridized carbons (Fsp3) is 0.250. The lowest BCUT2D eigenvalue weighted by Crippen LogP contribution is -2.36. The van der Waals surface area contributed by atoms with Gasteiger partial charge in [0.05, 0.1) is 11.6 Å². The van der Waals surface area contributed by atoms with E-state index < -0.39 is 23.8 Å². The maximum atomic E-state index is 12.8. The molecule has 0 aliphatic carbocycles. The molecule has 0 radical (unpaired) electrons. The van der Waals surface area contributed by atoms with Crippen LogP contribution in [-0.2, 0) is 12.7 Å². The van der Waals surface area contributed by atoms with Gasteiger partial charge in [-0.1, -0.05) is 43.0 Å². The Balaban J connectivity index is 1.95. The smallest absolute Gasteiger partial charge is 0.416 e. The molecule has 0 saturated carbocycles. The van der Waals surface area contributed by atoms with E-state index in [0.29, 0.717) is 17.9 Å². The number of carbonyl (C=O) groups excluding carboxylic acids is 1. The van der Waals surface area contributed by atoms with Crippen molar-refractivity contribution in [2.45, 2.75) is 25.7 Å². The zero-order chi connectivity index (χ0) is 19.9. The van der Waals surface area contributed by atoms with Crippen LogP contribution in [0.1, 0.15) is 29.7 Å². The van der Waals surface area contributed by atoms with Gasteiger partial charge in [-0.3, -0.25) is 0 Å². The zero-order valence-electron chi connectivity index (χ0n) is 14.8. The highest BCUT2D eigenvalue weighted by Gasteiger charge is 2.30. The molecular formula is C20H21F3N2O2. The number of benzene rings is 2. The van der Waals surface area contributed by atoms with Gasteiger partial charge < -0.3 is 15.4 Å². The molecule has 144 valence electrons. The monoisotopic (exact) mass is 378 g/mol. The molecule has 27 heavy (non-hydrogen) atoms. The maximum Gasteiger partial charge on any atom is 0.416 e. The van der Waals surface area contributed by atoms with Crippen molar-refractivity contribution >= 4 is 6.03 Å². The Morgan fingerprint density at radius 2 is 1.96 bits per heavy atom. The highest BCUT2D eigenvalue weighted by molar-refractivity contribution is 5.74. The van der Waals surface area contributed by atoms with Crippen molar-refractivity contribution in [1.29, 1.82) is 0 Å². The van der Waals surface area contributed by atoms with Crippen LogP contribution in [0, 0.1) is 0 Å². The summed E-state index contributed by atoms with van der Waals surface area (Å²) in [4.78, 5) is 12.1. The Labute approximate surface area is 156 Å². The van der Waals surface area contributed by atoms with E-state index in [1.54, 1.807) is 25.1 Å². The highest BCUT2D eigenvalue weighted by Crippen LogP contribution is 2.30. The van der Waals surface area contributed by atoms with Crippen molar-refractivity contribution in [1.82, 2.24) is 10.6 Å². The first kappa shape index (κ1) is 20.4. The van der Waals surface area contributed by atoms with E-state index in [0.717, 1.165) is 17.7 Å². The molecular weight excluding hydrogens is 357 g/mol. The van der Waals surface area contributed by atoms with E-state index in [4.69, 9.17) is 4.74 Å². The van der Waals surface area contributed by atoms with Crippen LogP contribution in [0.25, 0.3) is 0 Å². The fourth-order valence-electron chi connectivity index (χ4n) is 2.43. The van der Waals surface area contributed by atoms with Gasteiger partial charge in [0, 0.05) is 12.1 Å². The van der Waals surface area contributed by atoms with E-state index in [1.165, 1.54) is 6.07 Å². The van der Waals surface area contributed by atoms with Crippen LogP contribution in [0.15, 0.2) is 61.2 Å². The van der Waals surface area contributed by atoms with Crippen LogP contribution in [0.2, 0.25) is 0 Å². The van der Waals surface area contributed by atoms with Crippen molar-refractivity contribution in [3.8, 4) is 5.75 Å². The molecule has 2 aromatic carbocycles. The molecule has 0 aliphatic rings. The molecule has 0 bridgehead atoms. The summed E-state index contributed by atoms with van der Waals surface area (Å²) in [5.41, 5.74) is 0.401. The second-order valence-electron chi connectivity index (χ2n) is 5.88. The molecule has 0 saturated heterocycles. The number of amides is 2. The molecule has 0 fully saturated rings. The third-order valence-electron chi connectivity index (χ3n) is 3.83. The van der Waals surface area contributed by atoms with Crippen LogP contribution < -0.4 is 15.4 Å². The summed E-state index contributed by atoms with van der Waals surface area (Å²) in [6, 6.07) is 11.1. The number of nitrogens with one attached hydrogen (secondary N) is 2. The van der Waals surface area contributed by atoms with Crippen molar-refractivity contribution in [2.75, 3.05) is 6.61 Å². The van der Waals surface area contributed by atoms with Crippen LogP contribution in [0.3, 0.4) is 0 Å². The van der Waals surface area contributed by atoms with Crippen LogP contribution >= 0.6 is 0 Å². The Morgan fingerprint density at radius 1 is 1.22 bits per heavy atom. The number of urea groups is 1. The molecule has 1 atom stereocenters. The van der Waals surface area contributed by atoms with Gasteiger partial charge in [-0.2, -0.15) is 13.2 Å². The highest BCUT2D eigenvalue weighted by atomic mass is 19.4. The number of alkyl halides is 3. The fourth-order valence-corrected chi connectivity index (χ4v) is 2.43. The van der Waals surface area contributed by atoms with Gasteiger partial charge >= 0.3 is 12.2 Å². The molecule has 0 aromatic heterocycles. The number of hydrogen-bond donors (Lipinski definition) is 2. The Hall–Kier alpha value is -2.96. The molecule has 1 unspecified atom stereocenters. The second-order valence-corrected chi connectivity index (χ2v) is 5.88. The minimum atomic E-state index is -4.42. The first-order valence-corrected chi connectivity index (χ1v) is 8.34. The summed E-state index contributed by atoms with van der Waals surface area (Å²) in [6.07, 6.45) is -2.80. The van der Waals surface area contributed by atoms with E-state index in [2.05, 4.69) is 17.2 Å². The number of ether oxygens (including phenoxy) is 1. The number of para-hydroxylation sites is 1. The summed E-state index contributed by atoms with van der Waals surface area (Å²) in [5.74, 6) is 0.628. The normalized spacial score (nSPS) is 12.1. The maximum absolute atomic E-state index is 12.8. The SMILES string of the molecule is C=CCOc1ccccc1CNC(=O)NC(C)c1cccc(C(F)(F)F)c1. The van der Waals surface area contributed by atoms with Gasteiger partial charge in [0.1, 0.15) is 12.4 Å². The van der Waals surface area contributed by atoms with Crippen molar-refractivity contribution < 1.29 is 22.7 Å². The zero-order valence-corrected chi connectivity index (χ0v) is 14.8. The molecule has 4 nitrogen and oxygen atoms in total. The summed E-state index contributed by atoms with van der Waals surface area (Å²) < 4.78 is 44.0. The van der Waals surface area contributed by atoms with E-state index in [-0.39, 0.29) is 6.54 Å². The third-order valence-corrected chi connectivity index (χ3v) is 3.83. The summed E-state index contributed by atoms with van der Waals surface area (Å²) in [7, 11) is 0. The van der Waals surface area contributed by atoms with Crippen molar-refractivity contribution in [3.05, 3.63) is 77.9 Å². The topological polar surface area (TPSA) is 50.4 Å². The lowest BCUT2D eigenvalue weighted by atomic mass is 10.1. The van der Waals surface area contributed by atoms with E-state index in [1.807, 2.05) is 18.2 Å². The number of rotatable bonds is 7. The van der Waals surface area contributed by atoms with Crippen LogP contribution in [0.5, 0.6) is 5.75 Å². The standard InChI is InChI=1S/C20H21F3N2O2/c1-3-11-27-18-10-5-4-7-16(18)13-24-19(26)25-14(2)15-8-6-9-17(12-15)20(21,22)23/h3-10,12,14H,1,11,13H2,2H3,(H2,24,25,26). The minimum Gasteiger partial charge on any atom is -0.489 e. The largest absolute Gasteiger partial charge is 0.489 e. The van der Waals surface area contributed by atoms with Crippen LogP contribution in [-0.4, -0.2) is 12.6 Å². The molecule has 7 heteroatoms. The van der Waals surface area contributed by atoms with Gasteiger partial charge in [0.2, 0.25) is 0 Å². The lowest BCUT2D eigenvalue weighted by Gasteiger charge is -2.17. The number of hydrogen-bond acceptors (Lipinski definition) is 2. The summed E-state index contributed by atoms with van der Waals surface area (Å²) >= 11 is 0. The Morgan fingerprint density at radius 3 is 2.67 bits per heavy atom. The molecule has 2 N–H and O–H groups in total. The first-order valence-electron chi connectivity index (χ1n) is 8.34.